The minimum absolute atomic E-state index is 0.0444. The van der Waals surface area contributed by atoms with E-state index in [0.29, 0.717) is 34.7 Å². The minimum Gasteiger partial charge on any atom is -0.382 e. The third-order valence-electron chi connectivity index (χ3n) is 4.20. The molecule has 1 aromatic carbocycles. The summed E-state index contributed by atoms with van der Waals surface area (Å²) in [7, 11) is 0. The van der Waals surface area contributed by atoms with Crippen molar-refractivity contribution in [3.8, 4) is 0 Å². The number of nitrogens with one attached hydrogen (secondary N) is 1. The van der Waals surface area contributed by atoms with Gasteiger partial charge in [-0.25, -0.2) is 9.97 Å². The number of benzene rings is 1. The van der Waals surface area contributed by atoms with Gasteiger partial charge in [0, 0.05) is 25.2 Å². The zero-order valence-corrected chi connectivity index (χ0v) is 14.0. The van der Waals surface area contributed by atoms with E-state index in [1.807, 2.05) is 30.3 Å². The summed E-state index contributed by atoms with van der Waals surface area (Å²) in [6.07, 6.45) is 3.51. The van der Waals surface area contributed by atoms with Gasteiger partial charge in [0.2, 0.25) is 0 Å². The maximum absolute atomic E-state index is 12.2. The minimum atomic E-state index is -0.0444. The fourth-order valence-corrected chi connectivity index (χ4v) is 3.16. The molecule has 0 spiro atoms. The molecule has 0 saturated carbocycles. The average molecular weight is 346 g/mol. The number of halogens is 1. The number of carbonyl (C=O) groups excluding carboxylic acids is 1. The van der Waals surface area contributed by atoms with Gasteiger partial charge in [-0.1, -0.05) is 29.8 Å². The second-order valence-electron chi connectivity index (χ2n) is 5.93. The third kappa shape index (κ3) is 3.76. The lowest BCUT2D eigenvalue weighted by molar-refractivity contribution is 0.0945. The van der Waals surface area contributed by atoms with Gasteiger partial charge in [-0.05, 0) is 30.9 Å². The van der Waals surface area contributed by atoms with E-state index in [2.05, 4.69) is 20.2 Å². The molecule has 6 nitrogen and oxygen atoms in total. The van der Waals surface area contributed by atoms with E-state index in [1.165, 1.54) is 6.33 Å². The Hall–Kier alpha value is -2.34. The Morgan fingerprint density at radius 2 is 2.12 bits per heavy atom. The Morgan fingerprint density at radius 3 is 2.92 bits per heavy atom. The molecule has 2 aromatic rings. The highest BCUT2D eigenvalue weighted by Gasteiger charge is 2.24. The van der Waals surface area contributed by atoms with E-state index in [9.17, 15) is 4.79 Å². The van der Waals surface area contributed by atoms with Gasteiger partial charge in [0.15, 0.2) is 5.82 Å². The number of rotatable bonds is 4. The molecule has 1 saturated heterocycles. The third-order valence-corrected chi connectivity index (χ3v) is 4.57. The Bertz CT molecular complexity index is 709. The van der Waals surface area contributed by atoms with E-state index >= 15 is 0 Å². The van der Waals surface area contributed by atoms with Crippen LogP contribution in [-0.2, 0) is 0 Å². The first-order chi connectivity index (χ1) is 11.6. The van der Waals surface area contributed by atoms with Crippen molar-refractivity contribution in [2.45, 2.75) is 12.8 Å². The zero-order chi connectivity index (χ0) is 16.9. The predicted octanol–water partition coefficient (Wildman–Crippen LogP) is 2.36. The molecule has 1 aromatic heterocycles. The molecule has 1 atom stereocenters. The molecule has 1 fully saturated rings. The van der Waals surface area contributed by atoms with E-state index in [-0.39, 0.29) is 5.91 Å². The van der Waals surface area contributed by atoms with E-state index < -0.39 is 0 Å². The standard InChI is InChI=1S/C17H20ClN5O/c18-14-15(19)21-11-22-16(14)23-8-4-5-12(10-23)9-20-17(24)13-6-2-1-3-7-13/h1-3,6-7,11-12H,4-5,8-10H2,(H,20,24)(H2,19,21,22)/t12-/m0/s1. The summed E-state index contributed by atoms with van der Waals surface area (Å²) in [6.45, 7) is 2.28. The number of anilines is 2. The number of hydrogen-bond acceptors (Lipinski definition) is 5. The van der Waals surface area contributed by atoms with Crippen LogP contribution >= 0.6 is 11.6 Å². The maximum atomic E-state index is 12.2. The van der Waals surface area contributed by atoms with Crippen LogP contribution in [0.4, 0.5) is 11.6 Å². The number of amides is 1. The fourth-order valence-electron chi connectivity index (χ4n) is 2.95. The van der Waals surface area contributed by atoms with Gasteiger partial charge in [-0.2, -0.15) is 0 Å². The highest BCUT2D eigenvalue weighted by molar-refractivity contribution is 6.35. The van der Waals surface area contributed by atoms with Crippen LogP contribution in [0.5, 0.6) is 0 Å². The van der Waals surface area contributed by atoms with E-state index in [0.717, 1.165) is 25.9 Å². The van der Waals surface area contributed by atoms with Gasteiger partial charge in [0.05, 0.1) is 0 Å². The number of carbonyl (C=O) groups is 1. The highest BCUT2D eigenvalue weighted by Crippen LogP contribution is 2.30. The lowest BCUT2D eigenvalue weighted by Gasteiger charge is -2.34. The van der Waals surface area contributed by atoms with Crippen LogP contribution in [0, 0.1) is 5.92 Å². The molecule has 0 aliphatic carbocycles. The van der Waals surface area contributed by atoms with Crippen LogP contribution in [-0.4, -0.2) is 35.5 Å². The fraction of sp³-hybridized carbons (Fsp3) is 0.353. The summed E-state index contributed by atoms with van der Waals surface area (Å²) in [4.78, 5) is 22.4. The molecular formula is C17H20ClN5O. The average Bonchev–Trinajstić information content (AvgIpc) is 2.63. The molecule has 1 aliphatic rings. The van der Waals surface area contributed by atoms with Crippen molar-refractivity contribution in [3.05, 3.63) is 47.2 Å². The van der Waals surface area contributed by atoms with Crippen LogP contribution in [0.2, 0.25) is 5.02 Å². The van der Waals surface area contributed by atoms with Crippen molar-refractivity contribution in [2.75, 3.05) is 30.3 Å². The lowest BCUT2D eigenvalue weighted by atomic mass is 9.98. The molecule has 3 rings (SSSR count). The predicted molar refractivity (Wildman–Crippen MR) is 95.2 cm³/mol. The Morgan fingerprint density at radius 1 is 1.33 bits per heavy atom. The second-order valence-corrected chi connectivity index (χ2v) is 6.30. The first-order valence-corrected chi connectivity index (χ1v) is 8.37. The molecule has 3 N–H and O–H groups in total. The number of nitrogens with zero attached hydrogens (tertiary/aromatic N) is 3. The van der Waals surface area contributed by atoms with Gasteiger partial charge in [0.1, 0.15) is 17.2 Å². The molecule has 0 bridgehead atoms. The molecular weight excluding hydrogens is 326 g/mol. The normalized spacial score (nSPS) is 17.5. The van der Waals surface area contributed by atoms with Crippen molar-refractivity contribution in [3.63, 3.8) is 0 Å². The van der Waals surface area contributed by atoms with Crippen LogP contribution in [0.1, 0.15) is 23.2 Å². The van der Waals surface area contributed by atoms with Gasteiger partial charge >= 0.3 is 0 Å². The quantitative estimate of drug-likeness (QED) is 0.888. The van der Waals surface area contributed by atoms with Crippen molar-refractivity contribution >= 4 is 29.1 Å². The summed E-state index contributed by atoms with van der Waals surface area (Å²) < 4.78 is 0. The first kappa shape index (κ1) is 16.5. The smallest absolute Gasteiger partial charge is 0.251 e. The molecule has 7 heteroatoms. The number of hydrogen-bond donors (Lipinski definition) is 2. The summed E-state index contributed by atoms with van der Waals surface area (Å²) >= 11 is 6.22. The van der Waals surface area contributed by atoms with Crippen molar-refractivity contribution in [1.29, 1.82) is 0 Å². The van der Waals surface area contributed by atoms with E-state index in [1.54, 1.807) is 0 Å². The number of nitrogen functional groups attached to an aromatic ring is 1. The highest BCUT2D eigenvalue weighted by atomic mass is 35.5. The Kier molecular flexibility index (Phi) is 5.15. The van der Waals surface area contributed by atoms with Gasteiger partial charge in [-0.3, -0.25) is 4.79 Å². The van der Waals surface area contributed by atoms with Crippen molar-refractivity contribution in [2.24, 2.45) is 5.92 Å². The number of piperidine rings is 1. The lowest BCUT2D eigenvalue weighted by Crippen LogP contribution is -2.41. The molecule has 0 radical (unpaired) electrons. The molecule has 2 heterocycles. The Labute approximate surface area is 146 Å². The van der Waals surface area contributed by atoms with Crippen molar-refractivity contribution < 1.29 is 4.79 Å². The topological polar surface area (TPSA) is 84.1 Å². The van der Waals surface area contributed by atoms with Crippen LogP contribution < -0.4 is 16.0 Å². The maximum Gasteiger partial charge on any atom is 0.251 e. The van der Waals surface area contributed by atoms with Crippen LogP contribution in [0.3, 0.4) is 0 Å². The van der Waals surface area contributed by atoms with Crippen LogP contribution in [0.25, 0.3) is 0 Å². The summed E-state index contributed by atoms with van der Waals surface area (Å²) in [6, 6.07) is 9.24. The monoisotopic (exact) mass is 345 g/mol. The largest absolute Gasteiger partial charge is 0.382 e. The molecule has 24 heavy (non-hydrogen) atoms. The molecule has 0 unspecified atom stereocenters. The van der Waals surface area contributed by atoms with Gasteiger partial charge in [0.25, 0.3) is 5.91 Å². The first-order valence-electron chi connectivity index (χ1n) is 7.99. The Balaban J connectivity index is 1.60. The second kappa shape index (κ2) is 7.49. The van der Waals surface area contributed by atoms with Gasteiger partial charge < -0.3 is 16.0 Å². The molecule has 1 amide bonds. The number of nitrogens with two attached hydrogens (primary N) is 1. The van der Waals surface area contributed by atoms with Gasteiger partial charge in [-0.15, -0.1) is 0 Å². The SMILES string of the molecule is Nc1ncnc(N2CCC[C@@H](CNC(=O)c3ccccc3)C2)c1Cl. The van der Waals surface area contributed by atoms with E-state index in [4.69, 9.17) is 17.3 Å². The molecule has 1 aliphatic heterocycles. The van der Waals surface area contributed by atoms with Crippen molar-refractivity contribution in [1.82, 2.24) is 15.3 Å². The van der Waals surface area contributed by atoms with Crippen LogP contribution in [0.15, 0.2) is 36.7 Å². The summed E-state index contributed by atoms with van der Waals surface area (Å²) in [5.41, 5.74) is 6.44. The zero-order valence-electron chi connectivity index (χ0n) is 13.3. The summed E-state index contributed by atoms with van der Waals surface area (Å²) in [5, 5.41) is 3.41. The molecule has 126 valence electrons. The summed E-state index contributed by atoms with van der Waals surface area (Å²) in [5.74, 6) is 1.26. The number of aromatic nitrogens is 2.